The highest BCUT2D eigenvalue weighted by Gasteiger charge is 2.26. The van der Waals surface area contributed by atoms with Crippen molar-refractivity contribution in [1.29, 1.82) is 0 Å². The number of thiazole rings is 1. The summed E-state index contributed by atoms with van der Waals surface area (Å²) in [6, 6.07) is 12.5. The van der Waals surface area contributed by atoms with Gasteiger partial charge in [-0.2, -0.15) is 0 Å². The number of sulfone groups is 1. The first-order valence-electron chi connectivity index (χ1n) is 9.27. The standard InChI is InChI=1S/C21H25N3O3S2.ClH/c1-15-5-8-17(9-6-15)29(26,27)14-20(25)24(12-11-23(3)4)21-22-18-10-7-16(2)13-19(18)28-21;/h5-10,13H,11-12,14H2,1-4H3;1H. The van der Waals surface area contributed by atoms with E-state index >= 15 is 0 Å². The van der Waals surface area contributed by atoms with Crippen molar-refractivity contribution in [2.45, 2.75) is 18.7 Å². The fourth-order valence-corrected chi connectivity index (χ4v) is 5.14. The van der Waals surface area contributed by atoms with Crippen molar-refractivity contribution < 1.29 is 13.2 Å². The summed E-state index contributed by atoms with van der Waals surface area (Å²) < 4.78 is 26.5. The number of hydrogen-bond donors (Lipinski definition) is 0. The van der Waals surface area contributed by atoms with Gasteiger partial charge < -0.3 is 4.90 Å². The lowest BCUT2D eigenvalue weighted by molar-refractivity contribution is -0.116. The highest BCUT2D eigenvalue weighted by molar-refractivity contribution is 7.92. The number of aromatic nitrogens is 1. The molecule has 0 aliphatic rings. The molecule has 0 spiro atoms. The molecular weight excluding hydrogens is 442 g/mol. The first-order chi connectivity index (χ1) is 13.7. The Labute approximate surface area is 187 Å². The zero-order valence-electron chi connectivity index (χ0n) is 17.5. The van der Waals surface area contributed by atoms with E-state index in [0.29, 0.717) is 18.2 Å². The van der Waals surface area contributed by atoms with Gasteiger partial charge in [0.15, 0.2) is 15.0 Å². The third-order valence-corrected chi connectivity index (χ3v) is 7.19. The van der Waals surface area contributed by atoms with Crippen LogP contribution in [0.5, 0.6) is 0 Å². The summed E-state index contributed by atoms with van der Waals surface area (Å²) in [5, 5.41) is 0.525. The van der Waals surface area contributed by atoms with E-state index in [2.05, 4.69) is 4.98 Å². The van der Waals surface area contributed by atoms with Crippen LogP contribution in [0, 0.1) is 13.8 Å². The van der Waals surface area contributed by atoms with Crippen LogP contribution >= 0.6 is 23.7 Å². The van der Waals surface area contributed by atoms with E-state index in [9.17, 15) is 13.2 Å². The zero-order chi connectivity index (χ0) is 21.2. The van der Waals surface area contributed by atoms with Gasteiger partial charge in [-0.3, -0.25) is 9.69 Å². The van der Waals surface area contributed by atoms with Crippen LogP contribution in [0.25, 0.3) is 10.2 Å². The van der Waals surface area contributed by atoms with Crippen molar-refractivity contribution in [3.05, 3.63) is 53.6 Å². The van der Waals surface area contributed by atoms with Gasteiger partial charge in [-0.05, 0) is 57.8 Å². The zero-order valence-corrected chi connectivity index (χ0v) is 19.9. The van der Waals surface area contributed by atoms with Crippen LogP contribution in [0.2, 0.25) is 0 Å². The third kappa shape index (κ3) is 5.78. The van der Waals surface area contributed by atoms with E-state index in [1.165, 1.54) is 16.2 Å². The fourth-order valence-electron chi connectivity index (χ4n) is 2.83. The highest BCUT2D eigenvalue weighted by Crippen LogP contribution is 2.30. The van der Waals surface area contributed by atoms with Crippen molar-refractivity contribution in [3.8, 4) is 0 Å². The molecule has 0 saturated carbocycles. The number of nitrogens with zero attached hydrogens (tertiary/aromatic N) is 3. The summed E-state index contributed by atoms with van der Waals surface area (Å²) in [6.45, 7) is 4.86. The fraction of sp³-hybridized carbons (Fsp3) is 0.333. The minimum atomic E-state index is -3.73. The maximum Gasteiger partial charge on any atom is 0.244 e. The molecule has 2 aromatic carbocycles. The minimum Gasteiger partial charge on any atom is -0.308 e. The molecule has 1 aromatic heterocycles. The number of rotatable bonds is 7. The van der Waals surface area contributed by atoms with Crippen LogP contribution in [-0.4, -0.2) is 57.1 Å². The first-order valence-corrected chi connectivity index (χ1v) is 11.7. The Hall–Kier alpha value is -2.00. The Bertz CT molecular complexity index is 1130. The second-order valence-electron chi connectivity index (χ2n) is 7.39. The van der Waals surface area contributed by atoms with E-state index in [1.54, 1.807) is 24.3 Å². The molecule has 162 valence electrons. The van der Waals surface area contributed by atoms with Gasteiger partial charge in [0.1, 0.15) is 5.75 Å². The molecule has 6 nitrogen and oxygen atoms in total. The average Bonchev–Trinajstić information content (AvgIpc) is 3.04. The van der Waals surface area contributed by atoms with Gasteiger partial charge >= 0.3 is 0 Å². The number of benzene rings is 2. The Balaban J connectivity index is 0.00000320. The van der Waals surface area contributed by atoms with Crippen molar-refractivity contribution in [1.82, 2.24) is 9.88 Å². The lowest BCUT2D eigenvalue weighted by atomic mass is 10.2. The van der Waals surface area contributed by atoms with Gasteiger partial charge in [0.25, 0.3) is 0 Å². The molecule has 0 saturated heterocycles. The summed E-state index contributed by atoms with van der Waals surface area (Å²) in [4.78, 5) is 21.2. The molecule has 0 fully saturated rings. The molecule has 3 aromatic rings. The summed E-state index contributed by atoms with van der Waals surface area (Å²) in [7, 11) is 0.0877. The highest BCUT2D eigenvalue weighted by atomic mass is 35.5. The molecule has 0 aliphatic carbocycles. The molecule has 0 atom stereocenters. The Kier molecular flexibility index (Phi) is 7.99. The smallest absolute Gasteiger partial charge is 0.244 e. The summed E-state index contributed by atoms with van der Waals surface area (Å²) in [6.07, 6.45) is 0. The number of carbonyl (C=O) groups is 1. The van der Waals surface area contributed by atoms with Crippen LogP contribution in [-0.2, 0) is 14.6 Å². The molecule has 0 N–H and O–H groups in total. The van der Waals surface area contributed by atoms with Crippen LogP contribution in [0.3, 0.4) is 0 Å². The average molecular weight is 468 g/mol. The van der Waals surface area contributed by atoms with E-state index in [-0.39, 0.29) is 17.3 Å². The molecular formula is C21H26ClN3O3S2. The number of carbonyl (C=O) groups excluding carboxylic acids is 1. The molecule has 9 heteroatoms. The number of amides is 1. The second kappa shape index (κ2) is 9.87. The number of fused-ring (bicyclic) bond motifs is 1. The molecule has 3 rings (SSSR count). The quantitative estimate of drug-likeness (QED) is 0.529. The van der Waals surface area contributed by atoms with Crippen LogP contribution in [0.4, 0.5) is 5.13 Å². The van der Waals surface area contributed by atoms with Gasteiger partial charge in [0.05, 0.1) is 15.1 Å². The molecule has 0 unspecified atom stereocenters. The predicted octanol–water partition coefficient (Wildman–Crippen LogP) is 3.70. The SMILES string of the molecule is Cc1ccc(S(=O)(=O)CC(=O)N(CCN(C)C)c2nc3ccc(C)cc3s2)cc1.Cl. The minimum absolute atomic E-state index is 0. The van der Waals surface area contributed by atoms with E-state index < -0.39 is 21.5 Å². The Morgan fingerprint density at radius 3 is 2.27 bits per heavy atom. The largest absolute Gasteiger partial charge is 0.308 e. The molecule has 1 amide bonds. The number of aryl methyl sites for hydroxylation is 2. The van der Waals surface area contributed by atoms with Gasteiger partial charge in [-0.25, -0.2) is 13.4 Å². The Morgan fingerprint density at radius 1 is 1.00 bits per heavy atom. The van der Waals surface area contributed by atoms with Crippen molar-refractivity contribution >= 4 is 54.8 Å². The van der Waals surface area contributed by atoms with E-state index in [4.69, 9.17) is 0 Å². The molecule has 1 heterocycles. The predicted molar refractivity (Wildman–Crippen MR) is 126 cm³/mol. The Morgan fingerprint density at radius 2 is 1.63 bits per heavy atom. The van der Waals surface area contributed by atoms with Gasteiger partial charge in [-0.1, -0.05) is 35.1 Å². The van der Waals surface area contributed by atoms with Crippen LogP contribution in [0.1, 0.15) is 11.1 Å². The maximum atomic E-state index is 13.1. The summed E-state index contributed by atoms with van der Waals surface area (Å²) >= 11 is 1.40. The molecule has 0 radical (unpaired) electrons. The number of likely N-dealkylation sites (N-methyl/N-ethyl adjacent to an activating group) is 1. The maximum absolute atomic E-state index is 13.1. The lowest BCUT2D eigenvalue weighted by Gasteiger charge is -2.22. The van der Waals surface area contributed by atoms with Crippen molar-refractivity contribution in [3.63, 3.8) is 0 Å². The van der Waals surface area contributed by atoms with Crippen LogP contribution < -0.4 is 4.90 Å². The topological polar surface area (TPSA) is 70.6 Å². The van der Waals surface area contributed by atoms with Gasteiger partial charge in [0.2, 0.25) is 5.91 Å². The van der Waals surface area contributed by atoms with Crippen molar-refractivity contribution in [2.24, 2.45) is 0 Å². The van der Waals surface area contributed by atoms with Gasteiger partial charge in [-0.15, -0.1) is 12.4 Å². The molecule has 0 bridgehead atoms. The summed E-state index contributed by atoms with van der Waals surface area (Å²) in [5.74, 6) is -1.05. The van der Waals surface area contributed by atoms with Gasteiger partial charge in [0, 0.05) is 13.1 Å². The lowest BCUT2D eigenvalue weighted by Crippen LogP contribution is -2.40. The second-order valence-corrected chi connectivity index (χ2v) is 10.4. The number of anilines is 1. The monoisotopic (exact) mass is 467 g/mol. The van der Waals surface area contributed by atoms with E-state index in [1.807, 2.05) is 51.0 Å². The normalized spacial score (nSPS) is 11.5. The van der Waals surface area contributed by atoms with E-state index in [0.717, 1.165) is 21.3 Å². The van der Waals surface area contributed by atoms with Crippen LogP contribution in [0.15, 0.2) is 47.4 Å². The number of hydrogen-bond acceptors (Lipinski definition) is 6. The first kappa shape index (κ1) is 24.3. The molecule has 30 heavy (non-hydrogen) atoms. The molecule has 0 aliphatic heterocycles. The number of halogens is 1. The third-order valence-electron chi connectivity index (χ3n) is 4.53. The summed E-state index contributed by atoms with van der Waals surface area (Å²) in [5.41, 5.74) is 2.88. The van der Waals surface area contributed by atoms with Crippen molar-refractivity contribution in [2.75, 3.05) is 37.8 Å².